The zero-order valence-electron chi connectivity index (χ0n) is 32.3. The molecule has 14 rings (SSSR count). The minimum absolute atomic E-state index is 0.824. The highest BCUT2D eigenvalue weighted by molar-refractivity contribution is 6.22. The molecule has 3 aromatic heterocycles. The van der Waals surface area contributed by atoms with Crippen LogP contribution < -0.4 is 0 Å². The Morgan fingerprint density at radius 2 is 0.933 bits per heavy atom. The minimum Gasteiger partial charge on any atom is -0.309 e. The second-order valence-electron chi connectivity index (χ2n) is 16.1. The molecule has 13 aromatic rings. The lowest BCUT2D eigenvalue weighted by molar-refractivity contribution is 1.08. The van der Waals surface area contributed by atoms with Crippen LogP contribution in [0, 0.1) is 0 Å². The largest absolute Gasteiger partial charge is 0.309 e. The fourth-order valence-electron chi connectivity index (χ4n) is 10.4. The number of nitrogens with zero attached hydrogens (tertiary/aromatic N) is 4. The van der Waals surface area contributed by atoms with Crippen molar-refractivity contribution < 1.29 is 0 Å². The van der Waals surface area contributed by atoms with Crippen molar-refractivity contribution in [2.24, 2.45) is 0 Å². The number of hydrogen-bond acceptors (Lipinski definition) is 2. The van der Waals surface area contributed by atoms with Gasteiger partial charge in [-0.3, -0.25) is 4.57 Å². The highest BCUT2D eigenvalue weighted by Crippen LogP contribution is 2.50. The van der Waals surface area contributed by atoms with E-state index in [1.807, 2.05) is 12.1 Å². The van der Waals surface area contributed by atoms with E-state index in [0.717, 1.165) is 44.8 Å². The van der Waals surface area contributed by atoms with Gasteiger partial charge >= 0.3 is 0 Å². The Balaban J connectivity index is 1.03. The van der Waals surface area contributed by atoms with Crippen molar-refractivity contribution in [1.82, 2.24) is 19.1 Å². The van der Waals surface area contributed by atoms with E-state index in [-0.39, 0.29) is 0 Å². The summed E-state index contributed by atoms with van der Waals surface area (Å²) >= 11 is 0. The van der Waals surface area contributed by atoms with E-state index in [4.69, 9.17) is 9.97 Å². The molecule has 1 aliphatic carbocycles. The third-order valence-corrected chi connectivity index (χ3v) is 13.0. The number of aromatic nitrogens is 4. The van der Waals surface area contributed by atoms with Crippen LogP contribution in [0.1, 0.15) is 0 Å². The molecule has 4 nitrogen and oxygen atoms in total. The lowest BCUT2D eigenvalue weighted by atomic mass is 9.96. The van der Waals surface area contributed by atoms with Crippen LogP contribution in [0.2, 0.25) is 0 Å². The van der Waals surface area contributed by atoms with Crippen molar-refractivity contribution in [3.63, 3.8) is 0 Å². The van der Waals surface area contributed by atoms with E-state index in [1.165, 1.54) is 87.1 Å². The zero-order chi connectivity index (χ0) is 39.1. The van der Waals surface area contributed by atoms with Crippen LogP contribution in [-0.4, -0.2) is 19.1 Å². The summed E-state index contributed by atoms with van der Waals surface area (Å²) < 4.78 is 4.78. The summed E-state index contributed by atoms with van der Waals surface area (Å²) in [4.78, 5) is 11.0. The highest BCUT2D eigenvalue weighted by atomic mass is 15.1. The van der Waals surface area contributed by atoms with Gasteiger partial charge in [0.1, 0.15) is 5.69 Å². The average molecular weight is 761 g/mol. The minimum atomic E-state index is 0.824. The molecule has 10 aromatic carbocycles. The molecule has 0 bridgehead atoms. The normalized spacial score (nSPS) is 12.3. The van der Waals surface area contributed by atoms with E-state index >= 15 is 0 Å². The van der Waals surface area contributed by atoms with Crippen molar-refractivity contribution in [2.75, 3.05) is 0 Å². The van der Waals surface area contributed by atoms with Crippen molar-refractivity contribution in [3.8, 4) is 45.0 Å². The molecule has 0 aliphatic heterocycles. The predicted molar refractivity (Wildman–Crippen MR) is 251 cm³/mol. The second kappa shape index (κ2) is 11.8. The summed E-state index contributed by atoms with van der Waals surface area (Å²) in [7, 11) is 0. The average Bonchev–Trinajstić information content (AvgIpc) is 3.94. The molecule has 0 fully saturated rings. The number of rotatable bonds is 3. The van der Waals surface area contributed by atoms with Crippen molar-refractivity contribution in [2.45, 2.75) is 0 Å². The quantitative estimate of drug-likeness (QED) is 0.180. The van der Waals surface area contributed by atoms with Crippen LogP contribution in [0.4, 0.5) is 0 Å². The molecule has 276 valence electrons. The van der Waals surface area contributed by atoms with Crippen LogP contribution in [0.5, 0.6) is 0 Å². The number of fused-ring (bicyclic) bond motifs is 13. The standard InChI is InChI=1S/C56H32N4/c1-2-13-37-33(12-1)25-29-51-54(37)45-17-6-10-23-50(45)59(51)36-26-24-34-32-52-46(31-35(34)30-36)40-16-5-9-22-49(40)60(52)56-55(57-47-20-7-8-21-48(47)58-56)44-28-27-43-39-15-4-3-14-38(39)41-18-11-19-42(44)53(41)43/h1-32H. The first-order valence-corrected chi connectivity index (χ1v) is 20.6. The van der Waals surface area contributed by atoms with Crippen molar-refractivity contribution in [3.05, 3.63) is 194 Å². The maximum absolute atomic E-state index is 5.51. The van der Waals surface area contributed by atoms with Gasteiger partial charge in [-0.2, -0.15) is 0 Å². The number of benzene rings is 10. The van der Waals surface area contributed by atoms with Gasteiger partial charge < -0.3 is 4.57 Å². The summed E-state index contributed by atoms with van der Waals surface area (Å²) in [5.41, 5.74) is 14.5. The maximum Gasteiger partial charge on any atom is 0.165 e. The van der Waals surface area contributed by atoms with Crippen molar-refractivity contribution in [1.29, 1.82) is 0 Å². The number of hydrogen-bond donors (Lipinski definition) is 0. The van der Waals surface area contributed by atoms with E-state index < -0.39 is 0 Å². The summed E-state index contributed by atoms with van der Waals surface area (Å²) in [5.74, 6) is 0.824. The zero-order valence-corrected chi connectivity index (χ0v) is 32.3. The van der Waals surface area contributed by atoms with Gasteiger partial charge in [-0.05, 0) is 109 Å². The van der Waals surface area contributed by atoms with Gasteiger partial charge in [-0.25, -0.2) is 9.97 Å². The molecule has 0 unspecified atom stereocenters. The second-order valence-corrected chi connectivity index (χ2v) is 16.1. The Labute approximate surface area is 343 Å². The molecule has 0 saturated heterocycles. The molecule has 4 heteroatoms. The van der Waals surface area contributed by atoms with Crippen LogP contribution in [0.25, 0.3) is 132 Å². The van der Waals surface area contributed by atoms with Gasteiger partial charge in [-0.1, -0.05) is 140 Å². The maximum atomic E-state index is 5.51. The Morgan fingerprint density at radius 3 is 1.78 bits per heavy atom. The summed E-state index contributed by atoms with van der Waals surface area (Å²) in [5, 5.41) is 12.3. The van der Waals surface area contributed by atoms with Crippen LogP contribution in [0.3, 0.4) is 0 Å². The summed E-state index contributed by atoms with van der Waals surface area (Å²) in [6, 6.07) is 70.6. The third-order valence-electron chi connectivity index (χ3n) is 13.0. The summed E-state index contributed by atoms with van der Waals surface area (Å²) in [6.07, 6.45) is 0. The van der Waals surface area contributed by atoms with Crippen LogP contribution in [0.15, 0.2) is 194 Å². The Kier molecular flexibility index (Phi) is 6.26. The summed E-state index contributed by atoms with van der Waals surface area (Å²) in [6.45, 7) is 0. The van der Waals surface area contributed by atoms with E-state index in [0.29, 0.717) is 0 Å². The van der Waals surface area contributed by atoms with Gasteiger partial charge in [0.2, 0.25) is 0 Å². The molecule has 0 amide bonds. The molecule has 0 N–H and O–H groups in total. The first kappa shape index (κ1) is 31.9. The lowest BCUT2D eigenvalue weighted by Gasteiger charge is -2.16. The Bertz CT molecular complexity index is 3990. The van der Waals surface area contributed by atoms with E-state index in [9.17, 15) is 0 Å². The van der Waals surface area contributed by atoms with Gasteiger partial charge in [0.15, 0.2) is 5.82 Å². The molecule has 1 aliphatic rings. The van der Waals surface area contributed by atoms with Crippen molar-refractivity contribution >= 4 is 87.0 Å². The lowest BCUT2D eigenvalue weighted by Crippen LogP contribution is -2.04. The fourth-order valence-corrected chi connectivity index (χ4v) is 10.4. The Hall–Kier alpha value is -8.08. The molecule has 0 radical (unpaired) electrons. The first-order valence-electron chi connectivity index (χ1n) is 20.6. The predicted octanol–water partition coefficient (Wildman–Crippen LogP) is 14.6. The third kappa shape index (κ3) is 4.24. The molecule has 0 atom stereocenters. The van der Waals surface area contributed by atoms with E-state index in [1.54, 1.807) is 0 Å². The van der Waals surface area contributed by atoms with Gasteiger partial charge in [0, 0.05) is 32.8 Å². The molecular formula is C56H32N4. The van der Waals surface area contributed by atoms with Crippen LogP contribution >= 0.6 is 0 Å². The monoisotopic (exact) mass is 760 g/mol. The van der Waals surface area contributed by atoms with Gasteiger partial charge in [-0.15, -0.1) is 0 Å². The molecule has 3 heterocycles. The number of para-hydroxylation sites is 4. The first-order chi connectivity index (χ1) is 29.8. The molecule has 0 spiro atoms. The van der Waals surface area contributed by atoms with E-state index in [2.05, 4.69) is 191 Å². The smallest absolute Gasteiger partial charge is 0.165 e. The van der Waals surface area contributed by atoms with Crippen LogP contribution in [-0.2, 0) is 0 Å². The SMILES string of the molecule is c1ccc2c(c1)-c1cccc3c(-c4nc5ccccc5nc4-n4c5ccccc5c5cc6cc(-n7c8ccccc8c8c9ccccc9ccc87)ccc6cc54)ccc-2c13. The highest BCUT2D eigenvalue weighted by Gasteiger charge is 2.26. The molecular weight excluding hydrogens is 729 g/mol. The fraction of sp³-hybridized carbons (Fsp3) is 0. The Morgan fingerprint density at radius 1 is 0.300 bits per heavy atom. The van der Waals surface area contributed by atoms with Gasteiger partial charge in [0.25, 0.3) is 0 Å². The topological polar surface area (TPSA) is 35.6 Å². The van der Waals surface area contributed by atoms with Gasteiger partial charge in [0.05, 0.1) is 33.1 Å². The molecule has 60 heavy (non-hydrogen) atoms. The molecule has 0 saturated carbocycles.